The highest BCUT2D eigenvalue weighted by molar-refractivity contribution is 6.42. The molecule has 184 valence electrons. The molecule has 36 heavy (non-hydrogen) atoms. The molecule has 0 spiro atoms. The Morgan fingerprint density at radius 3 is 2.28 bits per heavy atom. The van der Waals surface area contributed by atoms with Crippen molar-refractivity contribution in [2.24, 2.45) is 0 Å². The lowest BCUT2D eigenvalue weighted by Crippen LogP contribution is -2.38. The SMILES string of the molecule is Cc1ccc(CNC2CC(=O)N(c3ccc(C(=O)OCC(=O)c4ccc(Cl)c(Cl)c4)cc3)C2=O)cc1. The molecule has 1 aliphatic rings. The van der Waals surface area contributed by atoms with Gasteiger partial charge in [0.15, 0.2) is 12.4 Å². The number of imide groups is 1. The largest absolute Gasteiger partial charge is 0.454 e. The second-order valence-corrected chi connectivity index (χ2v) is 9.18. The van der Waals surface area contributed by atoms with Gasteiger partial charge in [0, 0.05) is 12.1 Å². The van der Waals surface area contributed by atoms with Gasteiger partial charge >= 0.3 is 5.97 Å². The third-order valence-corrected chi connectivity index (χ3v) is 6.50. The average Bonchev–Trinajstić information content (AvgIpc) is 3.16. The van der Waals surface area contributed by atoms with Crippen molar-refractivity contribution in [2.45, 2.75) is 25.9 Å². The van der Waals surface area contributed by atoms with Crippen LogP contribution in [0.3, 0.4) is 0 Å². The quantitative estimate of drug-likeness (QED) is 0.259. The van der Waals surface area contributed by atoms with Crippen LogP contribution >= 0.6 is 23.2 Å². The smallest absolute Gasteiger partial charge is 0.338 e. The van der Waals surface area contributed by atoms with Gasteiger partial charge in [-0.05, 0) is 55.0 Å². The Labute approximate surface area is 218 Å². The summed E-state index contributed by atoms with van der Waals surface area (Å²) in [4.78, 5) is 51.2. The van der Waals surface area contributed by atoms with Crippen LogP contribution in [0.25, 0.3) is 0 Å². The van der Waals surface area contributed by atoms with Gasteiger partial charge in [0.05, 0.1) is 33.8 Å². The van der Waals surface area contributed by atoms with Crippen LogP contribution in [0.15, 0.2) is 66.7 Å². The maximum Gasteiger partial charge on any atom is 0.338 e. The Bertz CT molecular complexity index is 1320. The molecule has 1 atom stereocenters. The predicted octanol–water partition coefficient (Wildman–Crippen LogP) is 4.76. The van der Waals surface area contributed by atoms with Crippen LogP contribution in [-0.2, 0) is 20.9 Å². The Hall–Kier alpha value is -3.52. The lowest BCUT2D eigenvalue weighted by molar-refractivity contribution is -0.121. The first kappa shape index (κ1) is 25.6. The monoisotopic (exact) mass is 524 g/mol. The number of ketones is 1. The van der Waals surface area contributed by atoms with E-state index in [0.717, 1.165) is 16.0 Å². The maximum absolute atomic E-state index is 12.9. The summed E-state index contributed by atoms with van der Waals surface area (Å²) in [5, 5.41) is 3.68. The molecule has 2 amide bonds. The second kappa shape index (κ2) is 11.0. The van der Waals surface area contributed by atoms with Gasteiger partial charge in [-0.3, -0.25) is 14.4 Å². The molecule has 0 bridgehead atoms. The fourth-order valence-electron chi connectivity index (χ4n) is 3.72. The molecule has 1 fully saturated rings. The molecule has 7 nitrogen and oxygen atoms in total. The van der Waals surface area contributed by atoms with Crippen molar-refractivity contribution < 1.29 is 23.9 Å². The van der Waals surface area contributed by atoms with E-state index in [-0.39, 0.29) is 34.4 Å². The van der Waals surface area contributed by atoms with E-state index in [1.54, 1.807) is 0 Å². The standard InChI is InChI=1S/C27H22Cl2N2O5/c1-16-2-4-17(5-3-16)14-30-23-13-25(33)31(26(23)34)20-9-6-18(7-10-20)27(35)36-15-24(32)19-8-11-21(28)22(29)12-19/h2-12,23,30H,13-15H2,1H3. The molecule has 0 aromatic heterocycles. The number of aryl methyl sites for hydroxylation is 1. The van der Waals surface area contributed by atoms with E-state index in [9.17, 15) is 19.2 Å². The van der Waals surface area contributed by atoms with Gasteiger partial charge in [0.1, 0.15) is 0 Å². The minimum Gasteiger partial charge on any atom is -0.454 e. The molecule has 3 aromatic rings. The number of nitrogens with zero attached hydrogens (tertiary/aromatic N) is 1. The van der Waals surface area contributed by atoms with E-state index in [1.165, 1.54) is 42.5 Å². The average molecular weight is 525 g/mol. The molecule has 4 rings (SSSR count). The Morgan fingerprint density at radius 1 is 0.944 bits per heavy atom. The topological polar surface area (TPSA) is 92.8 Å². The third-order valence-electron chi connectivity index (χ3n) is 5.76. The van der Waals surface area contributed by atoms with E-state index in [0.29, 0.717) is 17.3 Å². The number of amides is 2. The summed E-state index contributed by atoms with van der Waals surface area (Å²) in [6.45, 7) is 1.98. The molecule has 1 saturated heterocycles. The molecule has 1 N–H and O–H groups in total. The van der Waals surface area contributed by atoms with E-state index < -0.39 is 24.4 Å². The first-order valence-corrected chi connectivity index (χ1v) is 11.9. The number of hydrogen-bond acceptors (Lipinski definition) is 6. The summed E-state index contributed by atoms with van der Waals surface area (Å²) in [5.74, 6) is -1.83. The zero-order valence-corrected chi connectivity index (χ0v) is 20.8. The maximum atomic E-state index is 12.9. The van der Waals surface area contributed by atoms with Crippen LogP contribution < -0.4 is 10.2 Å². The Morgan fingerprint density at radius 2 is 1.61 bits per heavy atom. The van der Waals surface area contributed by atoms with Crippen LogP contribution in [0.1, 0.15) is 38.3 Å². The fourth-order valence-corrected chi connectivity index (χ4v) is 4.02. The normalized spacial score (nSPS) is 15.3. The molecule has 0 saturated carbocycles. The van der Waals surface area contributed by atoms with Gasteiger partial charge in [-0.25, -0.2) is 9.69 Å². The van der Waals surface area contributed by atoms with Crippen molar-refractivity contribution in [1.82, 2.24) is 5.32 Å². The highest BCUT2D eigenvalue weighted by atomic mass is 35.5. The van der Waals surface area contributed by atoms with Crippen LogP contribution in [0.5, 0.6) is 0 Å². The van der Waals surface area contributed by atoms with Crippen LogP contribution in [0.2, 0.25) is 10.0 Å². The van der Waals surface area contributed by atoms with Crippen LogP contribution in [0.4, 0.5) is 5.69 Å². The number of anilines is 1. The summed E-state index contributed by atoms with van der Waals surface area (Å²) in [7, 11) is 0. The molecule has 0 aliphatic carbocycles. The molecule has 1 heterocycles. The van der Waals surface area contributed by atoms with E-state index in [4.69, 9.17) is 27.9 Å². The number of benzene rings is 3. The number of halogens is 2. The Kier molecular flexibility index (Phi) is 7.84. The van der Waals surface area contributed by atoms with Gasteiger partial charge in [-0.15, -0.1) is 0 Å². The van der Waals surface area contributed by atoms with E-state index in [2.05, 4.69) is 5.32 Å². The lowest BCUT2D eigenvalue weighted by Gasteiger charge is -2.16. The van der Waals surface area contributed by atoms with E-state index >= 15 is 0 Å². The number of esters is 1. The zero-order chi connectivity index (χ0) is 25.8. The van der Waals surface area contributed by atoms with E-state index in [1.807, 2.05) is 31.2 Å². The summed E-state index contributed by atoms with van der Waals surface area (Å²) in [5.41, 5.74) is 2.95. The molecule has 3 aromatic carbocycles. The first-order valence-electron chi connectivity index (χ1n) is 11.1. The van der Waals surface area contributed by atoms with Crippen molar-refractivity contribution in [3.63, 3.8) is 0 Å². The van der Waals surface area contributed by atoms with Gasteiger partial charge in [-0.1, -0.05) is 53.0 Å². The Balaban J connectivity index is 1.34. The minimum absolute atomic E-state index is 0.0469. The molecule has 1 aliphatic heterocycles. The lowest BCUT2D eigenvalue weighted by atomic mass is 10.1. The minimum atomic E-state index is -0.716. The number of Topliss-reactive ketones (excluding diaryl/α,β-unsaturated/α-hetero) is 1. The highest BCUT2D eigenvalue weighted by Gasteiger charge is 2.39. The number of rotatable bonds is 8. The number of nitrogens with one attached hydrogen (secondary N) is 1. The molecular weight excluding hydrogens is 503 g/mol. The number of carbonyl (C=O) groups excluding carboxylic acids is 4. The number of ether oxygens (including phenoxy) is 1. The van der Waals surface area contributed by atoms with Crippen LogP contribution in [0, 0.1) is 6.92 Å². The first-order chi connectivity index (χ1) is 17.2. The molecule has 1 unspecified atom stereocenters. The van der Waals surface area contributed by atoms with Crippen molar-refractivity contribution in [2.75, 3.05) is 11.5 Å². The van der Waals surface area contributed by atoms with Crippen molar-refractivity contribution in [3.05, 3.63) is 99.0 Å². The van der Waals surface area contributed by atoms with Crippen molar-refractivity contribution >= 4 is 52.5 Å². The molecular formula is C27H22Cl2N2O5. The van der Waals surface area contributed by atoms with Gasteiger partial charge in [0.25, 0.3) is 5.91 Å². The highest BCUT2D eigenvalue weighted by Crippen LogP contribution is 2.25. The van der Waals surface area contributed by atoms with Gasteiger partial charge in [0.2, 0.25) is 5.91 Å². The predicted molar refractivity (Wildman–Crippen MR) is 136 cm³/mol. The third kappa shape index (κ3) is 5.82. The molecule has 0 radical (unpaired) electrons. The molecule has 9 heteroatoms. The van der Waals surface area contributed by atoms with Gasteiger partial charge < -0.3 is 10.1 Å². The zero-order valence-electron chi connectivity index (χ0n) is 19.3. The number of carbonyl (C=O) groups is 4. The summed E-state index contributed by atoms with van der Waals surface area (Å²) < 4.78 is 5.10. The summed E-state index contributed by atoms with van der Waals surface area (Å²) in [6, 6.07) is 17.5. The number of hydrogen-bond donors (Lipinski definition) is 1. The van der Waals surface area contributed by atoms with Crippen LogP contribution in [-0.4, -0.2) is 36.2 Å². The van der Waals surface area contributed by atoms with Crippen molar-refractivity contribution in [1.29, 1.82) is 0 Å². The van der Waals surface area contributed by atoms with Gasteiger partial charge in [-0.2, -0.15) is 0 Å². The summed E-state index contributed by atoms with van der Waals surface area (Å²) in [6.07, 6.45) is 0.0469. The fraction of sp³-hybridized carbons (Fsp3) is 0.185. The summed E-state index contributed by atoms with van der Waals surface area (Å²) >= 11 is 11.8. The van der Waals surface area contributed by atoms with Crippen molar-refractivity contribution in [3.8, 4) is 0 Å². The second-order valence-electron chi connectivity index (χ2n) is 8.37.